The fourth-order valence-electron chi connectivity index (χ4n) is 2.61. The molecule has 0 radical (unpaired) electrons. The second kappa shape index (κ2) is 5.21. The van der Waals surface area contributed by atoms with Crippen molar-refractivity contribution < 1.29 is 4.74 Å². The zero-order valence-electron chi connectivity index (χ0n) is 9.42. The summed E-state index contributed by atoms with van der Waals surface area (Å²) in [5, 5.41) is 3.41. The van der Waals surface area contributed by atoms with Gasteiger partial charge in [-0.2, -0.15) is 0 Å². The lowest BCUT2D eigenvalue weighted by Gasteiger charge is -2.20. The average Bonchev–Trinajstić information content (AvgIpc) is 2.74. The molecule has 16 heavy (non-hydrogen) atoms. The Kier molecular flexibility index (Phi) is 3.90. The molecule has 0 spiro atoms. The minimum absolute atomic E-state index is 0. The Morgan fingerprint density at radius 2 is 2.06 bits per heavy atom. The van der Waals surface area contributed by atoms with Crippen molar-refractivity contribution in [1.29, 1.82) is 0 Å². The average molecular weight is 243 g/mol. The lowest BCUT2D eigenvalue weighted by Crippen LogP contribution is -2.22. The first-order valence-electron chi connectivity index (χ1n) is 5.92. The van der Waals surface area contributed by atoms with Crippen LogP contribution in [0.15, 0.2) is 6.07 Å². The normalized spacial score (nSPS) is 21.2. The van der Waals surface area contributed by atoms with E-state index in [9.17, 15) is 0 Å². The van der Waals surface area contributed by atoms with Crippen LogP contribution in [0, 0.1) is 0 Å². The summed E-state index contributed by atoms with van der Waals surface area (Å²) >= 11 is 0. The molecule has 3 heterocycles. The Morgan fingerprint density at radius 1 is 1.25 bits per heavy atom. The fraction of sp³-hybridized carbons (Fsp3) is 0.667. The van der Waals surface area contributed by atoms with E-state index in [-0.39, 0.29) is 12.4 Å². The van der Waals surface area contributed by atoms with Crippen molar-refractivity contribution in [3.63, 3.8) is 0 Å². The minimum atomic E-state index is 0. The number of hydrogen-bond acceptors (Lipinski definition) is 2. The van der Waals surface area contributed by atoms with E-state index in [0.717, 1.165) is 32.7 Å². The number of aromatic amines is 1. The summed E-state index contributed by atoms with van der Waals surface area (Å²) in [4.78, 5) is 3.61. The van der Waals surface area contributed by atoms with Crippen LogP contribution in [0.25, 0.3) is 0 Å². The van der Waals surface area contributed by atoms with Gasteiger partial charge in [0.05, 0.1) is 0 Å². The molecule has 0 bridgehead atoms. The number of rotatable bonds is 1. The van der Waals surface area contributed by atoms with E-state index >= 15 is 0 Å². The van der Waals surface area contributed by atoms with Crippen LogP contribution in [0.5, 0.6) is 0 Å². The van der Waals surface area contributed by atoms with E-state index in [1.54, 1.807) is 0 Å². The summed E-state index contributed by atoms with van der Waals surface area (Å²) in [5.74, 6) is 0.698. The Labute approximate surface area is 102 Å². The molecule has 2 aliphatic rings. The van der Waals surface area contributed by atoms with Crippen molar-refractivity contribution in [3.8, 4) is 0 Å². The summed E-state index contributed by atoms with van der Waals surface area (Å²) in [7, 11) is 0. The number of ether oxygens (including phenoxy) is 1. The number of nitrogens with one attached hydrogen (secondary N) is 2. The lowest BCUT2D eigenvalue weighted by atomic mass is 9.96. The number of hydrogen-bond donors (Lipinski definition) is 2. The number of aromatic nitrogens is 1. The third-order valence-electron chi connectivity index (χ3n) is 3.54. The molecule has 0 amide bonds. The molecule has 0 atom stereocenters. The maximum absolute atomic E-state index is 5.40. The van der Waals surface area contributed by atoms with Crippen molar-refractivity contribution in [2.24, 2.45) is 0 Å². The summed E-state index contributed by atoms with van der Waals surface area (Å²) in [6.45, 7) is 4.00. The van der Waals surface area contributed by atoms with Crippen LogP contribution in [0.4, 0.5) is 0 Å². The summed E-state index contributed by atoms with van der Waals surface area (Å²) in [5.41, 5.74) is 4.37. The van der Waals surface area contributed by atoms with Gasteiger partial charge in [-0.05, 0) is 24.5 Å². The Hall–Kier alpha value is -0.510. The molecule has 1 saturated heterocycles. The Balaban J connectivity index is 0.000000963. The second-order valence-electron chi connectivity index (χ2n) is 4.54. The molecular weight excluding hydrogens is 224 g/mol. The molecule has 1 aromatic heterocycles. The van der Waals surface area contributed by atoms with Gasteiger partial charge in [-0.1, -0.05) is 0 Å². The number of halogens is 1. The highest BCUT2D eigenvalue weighted by Gasteiger charge is 2.20. The van der Waals surface area contributed by atoms with E-state index in [0.29, 0.717) is 5.92 Å². The molecule has 1 aromatic rings. The first-order valence-corrected chi connectivity index (χ1v) is 5.92. The highest BCUT2D eigenvalue weighted by Crippen LogP contribution is 2.28. The van der Waals surface area contributed by atoms with Gasteiger partial charge in [0.25, 0.3) is 0 Å². The van der Waals surface area contributed by atoms with E-state index < -0.39 is 0 Å². The maximum Gasteiger partial charge on any atom is 0.0472 e. The van der Waals surface area contributed by atoms with Gasteiger partial charge in [-0.3, -0.25) is 0 Å². The molecule has 1 fully saturated rings. The molecule has 0 aromatic carbocycles. The predicted octanol–water partition coefficient (Wildman–Crippen LogP) is 1.98. The van der Waals surface area contributed by atoms with E-state index in [1.807, 2.05) is 0 Å². The topological polar surface area (TPSA) is 37.0 Å². The molecule has 3 nitrogen and oxygen atoms in total. The summed E-state index contributed by atoms with van der Waals surface area (Å²) in [6.07, 6.45) is 3.50. The van der Waals surface area contributed by atoms with Crippen LogP contribution in [0.2, 0.25) is 0 Å². The number of fused-ring (bicyclic) bond motifs is 1. The monoisotopic (exact) mass is 242 g/mol. The van der Waals surface area contributed by atoms with Gasteiger partial charge in [-0.15, -0.1) is 12.4 Å². The second-order valence-corrected chi connectivity index (χ2v) is 4.54. The third-order valence-corrected chi connectivity index (χ3v) is 3.54. The maximum atomic E-state index is 5.40. The molecule has 90 valence electrons. The van der Waals surface area contributed by atoms with Crippen LogP contribution in [-0.2, 0) is 17.7 Å². The van der Waals surface area contributed by atoms with Crippen LogP contribution in [-0.4, -0.2) is 24.7 Å². The molecule has 0 aliphatic carbocycles. The van der Waals surface area contributed by atoms with Gasteiger partial charge in [0.15, 0.2) is 0 Å². The molecule has 2 N–H and O–H groups in total. The zero-order valence-corrected chi connectivity index (χ0v) is 10.2. The molecule has 0 saturated carbocycles. The van der Waals surface area contributed by atoms with E-state index in [1.165, 1.54) is 29.8 Å². The zero-order chi connectivity index (χ0) is 10.1. The first kappa shape index (κ1) is 12.0. The van der Waals surface area contributed by atoms with Gasteiger partial charge in [0.1, 0.15) is 0 Å². The Morgan fingerprint density at radius 3 is 2.81 bits per heavy atom. The van der Waals surface area contributed by atoms with Gasteiger partial charge in [0.2, 0.25) is 0 Å². The van der Waals surface area contributed by atoms with Crippen LogP contribution >= 0.6 is 12.4 Å². The SMILES string of the molecule is Cl.c1c(C2CCOCC2)[nH]c2c1CNCC2. The van der Waals surface area contributed by atoms with Crippen LogP contribution in [0.1, 0.15) is 35.7 Å². The van der Waals surface area contributed by atoms with Crippen molar-refractivity contribution in [3.05, 3.63) is 23.0 Å². The first-order chi connectivity index (χ1) is 7.43. The number of H-pyrrole nitrogens is 1. The molecular formula is C12H19ClN2O. The van der Waals surface area contributed by atoms with Crippen molar-refractivity contribution >= 4 is 12.4 Å². The molecule has 3 rings (SSSR count). The molecule has 0 unspecified atom stereocenters. The van der Waals surface area contributed by atoms with E-state index in [2.05, 4.69) is 16.4 Å². The fourth-order valence-corrected chi connectivity index (χ4v) is 2.61. The Bertz CT molecular complexity index is 321. The van der Waals surface area contributed by atoms with Gasteiger partial charge >= 0.3 is 0 Å². The molecule has 4 heteroatoms. The lowest BCUT2D eigenvalue weighted by molar-refractivity contribution is 0.0846. The van der Waals surface area contributed by atoms with E-state index in [4.69, 9.17) is 4.74 Å². The summed E-state index contributed by atoms with van der Waals surface area (Å²) in [6, 6.07) is 2.36. The van der Waals surface area contributed by atoms with Gasteiger partial charge in [-0.25, -0.2) is 0 Å². The van der Waals surface area contributed by atoms with Crippen LogP contribution < -0.4 is 5.32 Å². The van der Waals surface area contributed by atoms with Gasteiger partial charge < -0.3 is 15.0 Å². The highest BCUT2D eigenvalue weighted by atomic mass is 35.5. The predicted molar refractivity (Wildman–Crippen MR) is 66.2 cm³/mol. The van der Waals surface area contributed by atoms with Gasteiger partial charge in [0, 0.05) is 50.0 Å². The van der Waals surface area contributed by atoms with Crippen LogP contribution in [0.3, 0.4) is 0 Å². The van der Waals surface area contributed by atoms with Crippen molar-refractivity contribution in [2.45, 2.75) is 31.7 Å². The largest absolute Gasteiger partial charge is 0.381 e. The highest BCUT2D eigenvalue weighted by molar-refractivity contribution is 5.85. The van der Waals surface area contributed by atoms with Crippen molar-refractivity contribution in [1.82, 2.24) is 10.3 Å². The third kappa shape index (κ3) is 2.26. The van der Waals surface area contributed by atoms with Crippen molar-refractivity contribution in [2.75, 3.05) is 19.8 Å². The standard InChI is InChI=1S/C12H18N2O.ClH/c1-4-13-8-10-7-12(14-11(1)10)9-2-5-15-6-3-9;/h7,9,13-14H,1-6,8H2;1H. The molecule has 2 aliphatic heterocycles. The summed E-state index contributed by atoms with van der Waals surface area (Å²) < 4.78 is 5.40. The quantitative estimate of drug-likeness (QED) is 0.790. The minimum Gasteiger partial charge on any atom is -0.381 e. The smallest absolute Gasteiger partial charge is 0.0472 e.